The molecule has 1 aromatic heterocycles. The third-order valence-electron chi connectivity index (χ3n) is 1.37. The Labute approximate surface area is 113 Å². The van der Waals surface area contributed by atoms with Crippen LogP contribution >= 0.6 is 0 Å². The van der Waals surface area contributed by atoms with Gasteiger partial charge in [0.05, 0.1) is 0 Å². The molecule has 62 valence electrons. The van der Waals surface area contributed by atoms with Gasteiger partial charge in [0, 0.05) is 11.9 Å². The molecule has 2 nitrogen and oxygen atoms in total. The molecule has 5 heteroatoms. The first kappa shape index (κ1) is 12.7. The normalized spacial score (nSPS) is 10.0. The Morgan fingerprint density at radius 2 is 2.25 bits per heavy atom. The van der Waals surface area contributed by atoms with Crippen molar-refractivity contribution in [2.24, 2.45) is 0 Å². The summed E-state index contributed by atoms with van der Waals surface area (Å²) in [7, 11) is 0. The Hall–Kier alpha value is 0.706. The second-order valence-electron chi connectivity index (χ2n) is 2.15. The van der Waals surface area contributed by atoms with Crippen LogP contribution < -0.4 is 51.4 Å². The number of nitrogens with zero attached hydrogens (tertiary/aromatic N) is 2. The van der Waals surface area contributed by atoms with Crippen molar-refractivity contribution in [3.05, 3.63) is 24.9 Å². The molecule has 0 aliphatic rings. The first-order valence-corrected chi connectivity index (χ1v) is 3.32. The minimum Gasteiger partial charge on any atom is -0.338 e. The Balaban J connectivity index is 0.00000121. The molecule has 0 N–H and O–H groups in total. The Kier molecular flexibility index (Phi) is 6.57. The van der Waals surface area contributed by atoms with Gasteiger partial charge in [0.2, 0.25) is 0 Å². The van der Waals surface area contributed by atoms with Gasteiger partial charge >= 0.3 is 51.4 Å². The summed E-state index contributed by atoms with van der Waals surface area (Å²) in [5, 5.41) is 3.72. The van der Waals surface area contributed by atoms with Crippen molar-refractivity contribution in [2.75, 3.05) is 0 Å². The Bertz CT molecular complexity index is 225. The quantitative estimate of drug-likeness (QED) is 0.428. The molecular weight excluding hydrogens is 189 g/mol. The predicted octanol–water partition coefficient (Wildman–Crippen LogP) is -1.47. The van der Waals surface area contributed by atoms with Gasteiger partial charge in [-0.2, -0.15) is 5.10 Å². The summed E-state index contributed by atoms with van der Waals surface area (Å²) < 4.78 is 24.9. The molecule has 12 heavy (non-hydrogen) atoms. The van der Waals surface area contributed by atoms with Crippen molar-refractivity contribution >= 4 is 0 Å². The summed E-state index contributed by atoms with van der Waals surface area (Å²) in [6.45, 7) is 3.25. The average Bonchev–Trinajstić information content (AvgIpc) is 2.34. The summed E-state index contributed by atoms with van der Waals surface area (Å²) in [5.41, 5.74) is 0.741. The van der Waals surface area contributed by atoms with E-state index in [1.165, 1.54) is 10.9 Å². The van der Waals surface area contributed by atoms with Gasteiger partial charge in [-0.05, 0) is 6.07 Å². The zero-order valence-electron chi connectivity index (χ0n) is 7.00. The zero-order chi connectivity index (χ0) is 8.27. The molecule has 0 bridgehead atoms. The van der Waals surface area contributed by atoms with Crippen LogP contribution in [0.5, 0.6) is 0 Å². The SMILES string of the molecule is [CH2-]Cc1ccnn1CC(F)F.[K+]. The van der Waals surface area contributed by atoms with E-state index in [1.54, 1.807) is 6.07 Å². The van der Waals surface area contributed by atoms with Gasteiger partial charge < -0.3 is 6.92 Å². The van der Waals surface area contributed by atoms with Crippen LogP contribution in [-0.2, 0) is 13.0 Å². The molecule has 0 radical (unpaired) electrons. The number of hydrogen-bond donors (Lipinski definition) is 0. The van der Waals surface area contributed by atoms with E-state index in [-0.39, 0.29) is 57.9 Å². The molecule has 0 saturated carbocycles. The van der Waals surface area contributed by atoms with Crippen LogP contribution in [0.25, 0.3) is 0 Å². The van der Waals surface area contributed by atoms with Crippen molar-refractivity contribution in [3.63, 3.8) is 0 Å². The van der Waals surface area contributed by atoms with Crippen LogP contribution in [0.4, 0.5) is 8.78 Å². The minimum absolute atomic E-state index is 0. The van der Waals surface area contributed by atoms with Crippen LogP contribution in [0, 0.1) is 6.92 Å². The third-order valence-corrected chi connectivity index (χ3v) is 1.37. The van der Waals surface area contributed by atoms with Gasteiger partial charge in [0.15, 0.2) is 0 Å². The maximum absolute atomic E-state index is 11.8. The van der Waals surface area contributed by atoms with Gasteiger partial charge in [0.25, 0.3) is 6.43 Å². The first-order valence-electron chi connectivity index (χ1n) is 3.32. The fourth-order valence-corrected chi connectivity index (χ4v) is 0.868. The summed E-state index contributed by atoms with van der Waals surface area (Å²) >= 11 is 0. The summed E-state index contributed by atoms with van der Waals surface area (Å²) in [4.78, 5) is 0. The van der Waals surface area contributed by atoms with E-state index in [4.69, 9.17) is 0 Å². The fraction of sp³-hybridized carbons (Fsp3) is 0.429. The van der Waals surface area contributed by atoms with Crippen LogP contribution in [0.3, 0.4) is 0 Å². The second-order valence-corrected chi connectivity index (χ2v) is 2.15. The average molecular weight is 198 g/mol. The molecule has 1 aromatic rings. The van der Waals surface area contributed by atoms with Gasteiger partial charge in [-0.15, -0.1) is 6.42 Å². The summed E-state index contributed by atoms with van der Waals surface area (Å²) in [6.07, 6.45) is -0.351. The van der Waals surface area contributed by atoms with Crippen LogP contribution in [0.1, 0.15) is 5.69 Å². The molecule has 0 saturated heterocycles. The first-order chi connectivity index (χ1) is 5.24. The molecule has 0 fully saturated rings. The molecule has 1 rings (SSSR count). The van der Waals surface area contributed by atoms with Crippen LogP contribution in [0.2, 0.25) is 0 Å². The smallest absolute Gasteiger partial charge is 0.338 e. The van der Waals surface area contributed by atoms with Gasteiger partial charge in [-0.1, -0.05) is 0 Å². The monoisotopic (exact) mass is 198 g/mol. The van der Waals surface area contributed by atoms with Crippen LogP contribution in [0.15, 0.2) is 12.3 Å². The molecule has 0 aromatic carbocycles. The largest absolute Gasteiger partial charge is 1.00 e. The zero-order valence-corrected chi connectivity index (χ0v) is 10.1. The molecule has 0 aliphatic carbocycles. The molecule has 0 unspecified atom stereocenters. The van der Waals surface area contributed by atoms with E-state index < -0.39 is 6.43 Å². The summed E-state index contributed by atoms with van der Waals surface area (Å²) in [5.74, 6) is 0. The second kappa shape index (κ2) is 6.20. The number of rotatable bonds is 3. The predicted molar refractivity (Wildman–Crippen MR) is 37.3 cm³/mol. The number of halogens is 2. The van der Waals surface area contributed by atoms with E-state index in [2.05, 4.69) is 12.0 Å². The van der Waals surface area contributed by atoms with Crippen molar-refractivity contribution in [1.82, 2.24) is 9.78 Å². The number of aromatic nitrogens is 2. The molecule has 0 amide bonds. The van der Waals surface area contributed by atoms with E-state index in [1.807, 2.05) is 0 Å². The summed E-state index contributed by atoms with van der Waals surface area (Å²) in [6, 6.07) is 1.69. The molecule has 1 heterocycles. The van der Waals surface area contributed by atoms with E-state index in [9.17, 15) is 8.78 Å². The Morgan fingerprint density at radius 3 is 2.75 bits per heavy atom. The maximum Gasteiger partial charge on any atom is 1.00 e. The van der Waals surface area contributed by atoms with E-state index in [0.29, 0.717) is 6.42 Å². The maximum atomic E-state index is 11.8. The standard InChI is InChI=1S/C7H9F2N2.K/c1-2-6-3-4-10-11(6)5-7(8)9;/h3-4,7H,1-2,5H2;/q-1;+1. The van der Waals surface area contributed by atoms with Crippen LogP contribution in [-0.4, -0.2) is 16.2 Å². The molecule has 0 spiro atoms. The number of hydrogen-bond acceptors (Lipinski definition) is 1. The van der Waals surface area contributed by atoms with Gasteiger partial charge in [0.1, 0.15) is 6.54 Å². The molecular formula is C7H9F2KN2. The minimum atomic E-state index is -2.35. The topological polar surface area (TPSA) is 17.8 Å². The molecule has 0 aliphatic heterocycles. The number of alkyl halides is 2. The third kappa shape index (κ3) is 3.61. The van der Waals surface area contributed by atoms with Crippen molar-refractivity contribution in [1.29, 1.82) is 0 Å². The molecule has 0 atom stereocenters. The van der Waals surface area contributed by atoms with Gasteiger partial charge in [-0.25, -0.2) is 8.78 Å². The van der Waals surface area contributed by atoms with Crippen molar-refractivity contribution in [3.8, 4) is 0 Å². The fourth-order valence-electron chi connectivity index (χ4n) is 0.868. The Morgan fingerprint density at radius 1 is 1.58 bits per heavy atom. The van der Waals surface area contributed by atoms with Gasteiger partial charge in [-0.3, -0.25) is 4.68 Å². The van der Waals surface area contributed by atoms with Crippen molar-refractivity contribution in [2.45, 2.75) is 19.4 Å². The van der Waals surface area contributed by atoms with Crippen molar-refractivity contribution < 1.29 is 60.2 Å². The van der Waals surface area contributed by atoms with E-state index in [0.717, 1.165) is 5.69 Å². The van der Waals surface area contributed by atoms with E-state index >= 15 is 0 Å².